The molecule has 1 aromatic rings. The molecule has 0 aliphatic heterocycles. The topological polar surface area (TPSA) is 55.1 Å². The summed E-state index contributed by atoms with van der Waals surface area (Å²) in [6.07, 6.45) is -4.46. The molecule has 1 aromatic carbocycles. The number of amides is 1. The summed E-state index contributed by atoms with van der Waals surface area (Å²) in [5, 5.41) is 2.29. The Morgan fingerprint density at radius 2 is 2.06 bits per heavy atom. The van der Waals surface area contributed by atoms with Crippen LogP contribution in [0.1, 0.15) is 12.0 Å². The Labute approximate surface area is 101 Å². The molecule has 0 bridgehead atoms. The van der Waals surface area contributed by atoms with Crippen LogP contribution in [0, 0.1) is 0 Å². The first-order chi connectivity index (χ1) is 7.80. The van der Waals surface area contributed by atoms with Gasteiger partial charge in [-0.1, -0.05) is 11.6 Å². The van der Waals surface area contributed by atoms with Crippen LogP contribution in [0.3, 0.4) is 0 Å². The van der Waals surface area contributed by atoms with Crippen molar-refractivity contribution < 1.29 is 18.0 Å². The van der Waals surface area contributed by atoms with Gasteiger partial charge in [0, 0.05) is 18.7 Å². The smallest absolute Gasteiger partial charge is 0.385 e. The van der Waals surface area contributed by atoms with Crippen LogP contribution in [0.4, 0.5) is 18.9 Å². The molecular formula is C10H10ClF3N2O. The van der Waals surface area contributed by atoms with Crippen LogP contribution in [-0.2, 0) is 11.0 Å². The Morgan fingerprint density at radius 1 is 1.41 bits per heavy atom. The van der Waals surface area contributed by atoms with Gasteiger partial charge in [-0.15, -0.1) is 0 Å². The van der Waals surface area contributed by atoms with Crippen molar-refractivity contribution in [2.75, 3.05) is 11.9 Å². The van der Waals surface area contributed by atoms with Crippen molar-refractivity contribution in [3.8, 4) is 0 Å². The molecule has 1 rings (SSSR count). The number of nitrogens with two attached hydrogens (primary N) is 1. The van der Waals surface area contributed by atoms with Gasteiger partial charge in [0.05, 0.1) is 10.6 Å². The second kappa shape index (κ2) is 5.27. The molecule has 17 heavy (non-hydrogen) atoms. The fraction of sp³-hybridized carbons (Fsp3) is 0.300. The zero-order chi connectivity index (χ0) is 13.1. The molecule has 0 spiro atoms. The predicted molar refractivity (Wildman–Crippen MR) is 58.8 cm³/mol. The van der Waals surface area contributed by atoms with Gasteiger partial charge < -0.3 is 11.1 Å². The van der Waals surface area contributed by atoms with Crippen LogP contribution >= 0.6 is 11.6 Å². The zero-order valence-electron chi connectivity index (χ0n) is 8.64. The Morgan fingerprint density at radius 3 is 2.59 bits per heavy atom. The van der Waals surface area contributed by atoms with Crippen molar-refractivity contribution in [2.45, 2.75) is 12.6 Å². The third kappa shape index (κ3) is 4.14. The van der Waals surface area contributed by atoms with Crippen LogP contribution in [0.2, 0.25) is 5.02 Å². The van der Waals surface area contributed by atoms with Crippen molar-refractivity contribution in [3.05, 3.63) is 28.8 Å². The highest BCUT2D eigenvalue weighted by atomic mass is 35.5. The molecule has 0 unspecified atom stereocenters. The molecule has 7 heteroatoms. The SMILES string of the molecule is NC(=O)CCNc1ccc(Cl)c(C(F)(F)F)c1. The second-order valence-electron chi connectivity index (χ2n) is 3.34. The summed E-state index contributed by atoms with van der Waals surface area (Å²) in [4.78, 5) is 10.5. The monoisotopic (exact) mass is 266 g/mol. The number of carbonyl (C=O) groups excluding carboxylic acids is 1. The summed E-state index contributed by atoms with van der Waals surface area (Å²) < 4.78 is 37.5. The molecule has 3 N–H and O–H groups in total. The number of rotatable bonds is 4. The lowest BCUT2D eigenvalue weighted by Gasteiger charge is -2.11. The second-order valence-corrected chi connectivity index (χ2v) is 3.74. The number of benzene rings is 1. The van der Waals surface area contributed by atoms with E-state index in [0.29, 0.717) is 0 Å². The largest absolute Gasteiger partial charge is 0.417 e. The third-order valence-corrected chi connectivity index (χ3v) is 2.30. The van der Waals surface area contributed by atoms with E-state index in [0.717, 1.165) is 12.1 Å². The lowest BCUT2D eigenvalue weighted by atomic mass is 10.2. The molecule has 0 aliphatic rings. The number of anilines is 1. The molecule has 0 radical (unpaired) electrons. The van der Waals surface area contributed by atoms with Crippen LogP contribution < -0.4 is 11.1 Å². The maximum absolute atomic E-state index is 12.5. The number of alkyl halides is 3. The van der Waals surface area contributed by atoms with Gasteiger partial charge >= 0.3 is 6.18 Å². The Balaban J connectivity index is 2.79. The van der Waals surface area contributed by atoms with E-state index in [4.69, 9.17) is 17.3 Å². The third-order valence-electron chi connectivity index (χ3n) is 1.97. The average Bonchev–Trinajstić information content (AvgIpc) is 2.18. The number of carbonyl (C=O) groups is 1. The zero-order valence-corrected chi connectivity index (χ0v) is 9.40. The molecule has 0 saturated heterocycles. The van der Waals surface area contributed by atoms with Gasteiger partial charge in [-0.25, -0.2) is 0 Å². The van der Waals surface area contributed by atoms with Crippen LogP contribution in [0.15, 0.2) is 18.2 Å². The van der Waals surface area contributed by atoms with Crippen molar-refractivity contribution >= 4 is 23.2 Å². The van der Waals surface area contributed by atoms with E-state index in [1.54, 1.807) is 0 Å². The van der Waals surface area contributed by atoms with Gasteiger partial charge in [-0.05, 0) is 18.2 Å². The Hall–Kier alpha value is -1.43. The van der Waals surface area contributed by atoms with E-state index in [1.807, 2.05) is 0 Å². The number of halogens is 4. The number of hydrogen-bond acceptors (Lipinski definition) is 2. The highest BCUT2D eigenvalue weighted by Gasteiger charge is 2.33. The summed E-state index contributed by atoms with van der Waals surface area (Å²) in [5.41, 5.74) is 4.23. The van der Waals surface area contributed by atoms with E-state index in [1.165, 1.54) is 6.07 Å². The van der Waals surface area contributed by atoms with Crippen molar-refractivity contribution in [1.82, 2.24) is 0 Å². The molecule has 3 nitrogen and oxygen atoms in total. The average molecular weight is 267 g/mol. The molecule has 0 atom stereocenters. The summed E-state index contributed by atoms with van der Waals surface area (Å²) in [6, 6.07) is 3.44. The predicted octanol–water partition coefficient (Wildman–Crippen LogP) is 2.65. The number of nitrogens with one attached hydrogen (secondary N) is 1. The first-order valence-electron chi connectivity index (χ1n) is 4.69. The fourth-order valence-corrected chi connectivity index (χ4v) is 1.41. The Kier molecular flexibility index (Phi) is 4.22. The van der Waals surface area contributed by atoms with E-state index in [-0.39, 0.29) is 23.7 Å². The van der Waals surface area contributed by atoms with E-state index in [2.05, 4.69) is 5.32 Å². The van der Waals surface area contributed by atoms with E-state index in [9.17, 15) is 18.0 Å². The minimum atomic E-state index is -4.50. The summed E-state index contributed by atoms with van der Waals surface area (Å²) in [7, 11) is 0. The summed E-state index contributed by atoms with van der Waals surface area (Å²) in [5.74, 6) is -0.525. The van der Waals surface area contributed by atoms with Crippen molar-refractivity contribution in [1.29, 1.82) is 0 Å². The first kappa shape index (κ1) is 13.6. The maximum atomic E-state index is 12.5. The van der Waals surface area contributed by atoms with Gasteiger partial charge in [-0.2, -0.15) is 13.2 Å². The molecular weight excluding hydrogens is 257 g/mol. The van der Waals surface area contributed by atoms with Gasteiger partial charge in [0.2, 0.25) is 5.91 Å². The van der Waals surface area contributed by atoms with Crippen LogP contribution in [-0.4, -0.2) is 12.5 Å². The number of primary amides is 1. The van der Waals surface area contributed by atoms with Gasteiger partial charge in [0.1, 0.15) is 0 Å². The maximum Gasteiger partial charge on any atom is 0.417 e. The van der Waals surface area contributed by atoms with Gasteiger partial charge in [0.25, 0.3) is 0 Å². The lowest BCUT2D eigenvalue weighted by Crippen LogP contribution is -2.16. The van der Waals surface area contributed by atoms with Crippen LogP contribution in [0.5, 0.6) is 0 Å². The first-order valence-corrected chi connectivity index (χ1v) is 5.07. The van der Waals surface area contributed by atoms with Crippen molar-refractivity contribution in [3.63, 3.8) is 0 Å². The molecule has 0 fully saturated rings. The molecule has 94 valence electrons. The summed E-state index contributed by atoms with van der Waals surface area (Å²) in [6.45, 7) is 0.175. The van der Waals surface area contributed by atoms with Gasteiger partial charge in [-0.3, -0.25) is 4.79 Å². The Bertz CT molecular complexity index is 421. The standard InChI is InChI=1S/C10H10ClF3N2O/c11-8-2-1-6(16-4-3-9(15)17)5-7(8)10(12,13)14/h1-2,5,16H,3-4H2,(H2,15,17). The minimum absolute atomic E-state index is 0.0456. The lowest BCUT2D eigenvalue weighted by molar-refractivity contribution is -0.137. The summed E-state index contributed by atoms with van der Waals surface area (Å²) >= 11 is 5.44. The van der Waals surface area contributed by atoms with Gasteiger partial charge in [0.15, 0.2) is 0 Å². The minimum Gasteiger partial charge on any atom is -0.385 e. The quantitative estimate of drug-likeness (QED) is 0.880. The molecule has 0 saturated carbocycles. The number of hydrogen-bond donors (Lipinski definition) is 2. The highest BCUT2D eigenvalue weighted by Crippen LogP contribution is 2.36. The molecule has 0 heterocycles. The van der Waals surface area contributed by atoms with E-state index < -0.39 is 17.6 Å². The molecule has 0 aromatic heterocycles. The van der Waals surface area contributed by atoms with Crippen LogP contribution in [0.25, 0.3) is 0 Å². The molecule has 1 amide bonds. The fourth-order valence-electron chi connectivity index (χ4n) is 1.18. The van der Waals surface area contributed by atoms with Crippen molar-refractivity contribution in [2.24, 2.45) is 5.73 Å². The molecule has 0 aliphatic carbocycles. The normalized spacial score (nSPS) is 11.3. The highest BCUT2D eigenvalue weighted by molar-refractivity contribution is 6.31. The van der Waals surface area contributed by atoms with E-state index >= 15 is 0 Å².